The lowest BCUT2D eigenvalue weighted by Gasteiger charge is -2.07. The number of hydrogen-bond donors (Lipinski definition) is 0. The van der Waals surface area contributed by atoms with Crippen molar-refractivity contribution in [3.8, 4) is 6.07 Å². The normalized spacial score (nSPS) is 25.1. The van der Waals surface area contributed by atoms with Crippen molar-refractivity contribution < 1.29 is 0 Å². The fraction of sp³-hybridized carbons (Fsp3) is 0.545. The molecule has 0 aliphatic heterocycles. The molecule has 0 amide bonds. The summed E-state index contributed by atoms with van der Waals surface area (Å²) < 4.78 is 0. The second-order valence-electron chi connectivity index (χ2n) is 4.16. The Bertz CT molecular complexity index is 411. The van der Waals surface area contributed by atoms with Gasteiger partial charge in [0, 0.05) is 12.1 Å². The maximum Gasteiger partial charge on any atom is 0.150 e. The fourth-order valence-corrected chi connectivity index (χ4v) is 2.26. The third-order valence-electron chi connectivity index (χ3n) is 2.94. The van der Waals surface area contributed by atoms with Gasteiger partial charge in [0.1, 0.15) is 17.5 Å². The molecule has 3 nitrogen and oxygen atoms in total. The predicted octanol–water partition coefficient (Wildman–Crippen LogP) is 2.91. The van der Waals surface area contributed by atoms with Crippen molar-refractivity contribution >= 4 is 11.6 Å². The molecule has 1 aliphatic rings. The maximum absolute atomic E-state index is 8.70. The maximum atomic E-state index is 8.70. The highest BCUT2D eigenvalue weighted by Crippen LogP contribution is 2.36. The number of nitriles is 1. The van der Waals surface area contributed by atoms with Crippen molar-refractivity contribution in [2.75, 3.05) is 0 Å². The fourth-order valence-electron chi connectivity index (χ4n) is 2.09. The van der Waals surface area contributed by atoms with E-state index in [0.717, 1.165) is 24.6 Å². The molecule has 2 rings (SSSR count). The summed E-state index contributed by atoms with van der Waals surface area (Å²) >= 11 is 5.87. The molecule has 1 fully saturated rings. The van der Waals surface area contributed by atoms with Gasteiger partial charge in [-0.2, -0.15) is 5.26 Å². The molecule has 15 heavy (non-hydrogen) atoms. The van der Waals surface area contributed by atoms with Gasteiger partial charge in [0.05, 0.1) is 0 Å². The summed E-state index contributed by atoms with van der Waals surface area (Å²) in [5, 5.41) is 8.98. The zero-order valence-electron chi connectivity index (χ0n) is 8.57. The van der Waals surface area contributed by atoms with Crippen molar-refractivity contribution in [3.05, 3.63) is 22.7 Å². The molecule has 1 aromatic heterocycles. The van der Waals surface area contributed by atoms with Crippen LogP contribution in [0.2, 0.25) is 5.15 Å². The van der Waals surface area contributed by atoms with E-state index >= 15 is 0 Å². The third kappa shape index (κ3) is 2.10. The first-order chi connectivity index (χ1) is 7.20. The Balaban J connectivity index is 2.24. The van der Waals surface area contributed by atoms with Gasteiger partial charge in [-0.1, -0.05) is 18.5 Å². The number of hydrogen-bond acceptors (Lipinski definition) is 3. The standard InChI is InChI=1S/C11H12ClN3/c1-7-2-3-8(4-7)11-14-6-9(5-13)10(12)15-11/h6-8H,2-4H2,1H3. The van der Waals surface area contributed by atoms with Crippen molar-refractivity contribution in [3.63, 3.8) is 0 Å². The molecule has 0 N–H and O–H groups in total. The molecular formula is C11H12ClN3. The van der Waals surface area contributed by atoms with Gasteiger partial charge in [-0.05, 0) is 25.2 Å². The van der Waals surface area contributed by atoms with E-state index in [1.165, 1.54) is 12.6 Å². The predicted molar refractivity (Wildman–Crippen MR) is 57.5 cm³/mol. The second-order valence-corrected chi connectivity index (χ2v) is 4.52. The minimum Gasteiger partial charge on any atom is -0.240 e. The summed E-state index contributed by atoms with van der Waals surface area (Å²) in [4.78, 5) is 8.40. The topological polar surface area (TPSA) is 49.6 Å². The zero-order chi connectivity index (χ0) is 10.8. The van der Waals surface area contributed by atoms with E-state index in [2.05, 4.69) is 16.9 Å². The van der Waals surface area contributed by atoms with Gasteiger partial charge in [0.2, 0.25) is 0 Å². The number of rotatable bonds is 1. The van der Waals surface area contributed by atoms with Gasteiger partial charge in [0.15, 0.2) is 5.15 Å². The van der Waals surface area contributed by atoms with Crippen LogP contribution in [0.15, 0.2) is 6.20 Å². The Morgan fingerprint density at radius 2 is 2.33 bits per heavy atom. The van der Waals surface area contributed by atoms with Crippen LogP contribution >= 0.6 is 11.6 Å². The minimum absolute atomic E-state index is 0.280. The first-order valence-corrected chi connectivity index (χ1v) is 5.51. The molecule has 0 bridgehead atoms. The van der Waals surface area contributed by atoms with E-state index in [9.17, 15) is 0 Å². The molecule has 0 aromatic carbocycles. The van der Waals surface area contributed by atoms with Crippen molar-refractivity contribution in [1.82, 2.24) is 9.97 Å². The Morgan fingerprint density at radius 3 is 2.87 bits per heavy atom. The lowest BCUT2D eigenvalue weighted by atomic mass is 10.1. The summed E-state index contributed by atoms with van der Waals surface area (Å²) in [6, 6.07) is 1.96. The molecular weight excluding hydrogens is 210 g/mol. The molecule has 78 valence electrons. The Kier molecular flexibility index (Phi) is 2.88. The van der Waals surface area contributed by atoms with E-state index in [0.29, 0.717) is 11.5 Å². The number of nitrogens with zero attached hydrogens (tertiary/aromatic N) is 3. The van der Waals surface area contributed by atoms with Gasteiger partial charge in [-0.3, -0.25) is 0 Å². The van der Waals surface area contributed by atoms with Crippen LogP contribution in [0.5, 0.6) is 0 Å². The third-order valence-corrected chi connectivity index (χ3v) is 3.23. The van der Waals surface area contributed by atoms with Gasteiger partial charge in [-0.15, -0.1) is 0 Å². The average molecular weight is 222 g/mol. The van der Waals surface area contributed by atoms with Gasteiger partial charge >= 0.3 is 0 Å². The van der Waals surface area contributed by atoms with E-state index in [-0.39, 0.29) is 5.15 Å². The molecule has 2 atom stereocenters. The largest absolute Gasteiger partial charge is 0.240 e. The van der Waals surface area contributed by atoms with Crippen LogP contribution in [0.25, 0.3) is 0 Å². The monoisotopic (exact) mass is 221 g/mol. The van der Waals surface area contributed by atoms with Crippen LogP contribution in [0.4, 0.5) is 0 Å². The summed E-state index contributed by atoms with van der Waals surface area (Å²) in [5.74, 6) is 1.96. The highest BCUT2D eigenvalue weighted by atomic mass is 35.5. The lowest BCUT2D eigenvalue weighted by Crippen LogP contribution is -2.02. The van der Waals surface area contributed by atoms with Gasteiger partial charge in [0.25, 0.3) is 0 Å². The van der Waals surface area contributed by atoms with E-state index in [4.69, 9.17) is 16.9 Å². The van der Waals surface area contributed by atoms with Crippen LogP contribution in [-0.4, -0.2) is 9.97 Å². The molecule has 1 aromatic rings. The molecule has 4 heteroatoms. The summed E-state index contributed by atoms with van der Waals surface area (Å²) in [7, 11) is 0. The smallest absolute Gasteiger partial charge is 0.150 e. The van der Waals surface area contributed by atoms with Gasteiger partial charge in [-0.25, -0.2) is 9.97 Å². The molecule has 1 heterocycles. The van der Waals surface area contributed by atoms with Crippen LogP contribution in [0.1, 0.15) is 43.5 Å². The highest BCUT2D eigenvalue weighted by molar-refractivity contribution is 6.30. The van der Waals surface area contributed by atoms with Crippen LogP contribution in [-0.2, 0) is 0 Å². The van der Waals surface area contributed by atoms with Crippen LogP contribution in [0.3, 0.4) is 0 Å². The van der Waals surface area contributed by atoms with Crippen molar-refractivity contribution in [2.45, 2.75) is 32.1 Å². The van der Waals surface area contributed by atoms with Crippen LogP contribution in [0, 0.1) is 17.2 Å². The molecule has 0 radical (unpaired) electrons. The van der Waals surface area contributed by atoms with E-state index < -0.39 is 0 Å². The molecule has 2 unspecified atom stereocenters. The quantitative estimate of drug-likeness (QED) is 0.686. The zero-order valence-corrected chi connectivity index (χ0v) is 9.33. The lowest BCUT2D eigenvalue weighted by molar-refractivity contribution is 0.585. The van der Waals surface area contributed by atoms with Crippen molar-refractivity contribution in [1.29, 1.82) is 5.26 Å². The summed E-state index contributed by atoms with van der Waals surface area (Å²) in [5.41, 5.74) is 0.353. The first kappa shape index (κ1) is 10.4. The number of aromatic nitrogens is 2. The summed E-state index contributed by atoms with van der Waals surface area (Å²) in [6.07, 6.45) is 5.00. The number of halogens is 1. The second kappa shape index (κ2) is 4.16. The minimum atomic E-state index is 0.280. The van der Waals surface area contributed by atoms with E-state index in [1.54, 1.807) is 0 Å². The molecule has 0 saturated heterocycles. The Hall–Kier alpha value is -1.14. The SMILES string of the molecule is CC1CCC(c2ncc(C#N)c(Cl)n2)C1. The first-order valence-electron chi connectivity index (χ1n) is 5.13. The Labute approximate surface area is 94.1 Å². The molecule has 0 spiro atoms. The molecule has 1 aliphatic carbocycles. The average Bonchev–Trinajstić information content (AvgIpc) is 2.65. The Morgan fingerprint density at radius 1 is 1.53 bits per heavy atom. The van der Waals surface area contributed by atoms with Crippen LogP contribution < -0.4 is 0 Å². The highest BCUT2D eigenvalue weighted by Gasteiger charge is 2.25. The van der Waals surface area contributed by atoms with E-state index in [1.807, 2.05) is 6.07 Å². The summed E-state index contributed by atoms with van der Waals surface area (Å²) in [6.45, 7) is 2.24. The van der Waals surface area contributed by atoms with Crippen molar-refractivity contribution in [2.24, 2.45) is 5.92 Å². The van der Waals surface area contributed by atoms with Gasteiger partial charge < -0.3 is 0 Å². The molecule has 1 saturated carbocycles.